The van der Waals surface area contributed by atoms with Gasteiger partial charge in [-0.25, -0.2) is 0 Å². The molecule has 19 heavy (non-hydrogen) atoms. The van der Waals surface area contributed by atoms with E-state index in [1.807, 2.05) is 42.6 Å². The van der Waals surface area contributed by atoms with Crippen LogP contribution in [0.25, 0.3) is 11.3 Å². The van der Waals surface area contributed by atoms with Gasteiger partial charge in [-0.05, 0) is 30.5 Å². The standard InChI is InChI=1S/C14H17NO3S/c1-2-18-19(16,17)9-8-12-10-14(15-11-12)13-6-4-3-5-7-13/h3-7,10-11,15H,2,8-9H2,1H3. The SMILES string of the molecule is CCOS(=O)(=O)CCc1c[nH]c(-c2ccccc2)c1. The highest BCUT2D eigenvalue weighted by atomic mass is 32.2. The van der Waals surface area contributed by atoms with Crippen molar-refractivity contribution in [3.63, 3.8) is 0 Å². The van der Waals surface area contributed by atoms with Crippen LogP contribution >= 0.6 is 0 Å². The molecule has 0 amide bonds. The summed E-state index contributed by atoms with van der Waals surface area (Å²) >= 11 is 0. The van der Waals surface area contributed by atoms with Crippen molar-refractivity contribution in [3.8, 4) is 11.3 Å². The highest BCUT2D eigenvalue weighted by Crippen LogP contribution is 2.19. The highest BCUT2D eigenvalue weighted by molar-refractivity contribution is 7.86. The molecule has 0 aliphatic rings. The third-order valence-electron chi connectivity index (χ3n) is 2.77. The molecule has 0 saturated carbocycles. The predicted molar refractivity (Wildman–Crippen MR) is 75.3 cm³/mol. The fraction of sp³-hybridized carbons (Fsp3) is 0.286. The van der Waals surface area contributed by atoms with Crippen LogP contribution in [0.5, 0.6) is 0 Å². The Bertz CT molecular complexity index is 617. The second kappa shape index (κ2) is 6.04. The monoisotopic (exact) mass is 279 g/mol. The number of rotatable bonds is 6. The van der Waals surface area contributed by atoms with Crippen LogP contribution in [0.4, 0.5) is 0 Å². The van der Waals surface area contributed by atoms with Gasteiger partial charge < -0.3 is 4.98 Å². The predicted octanol–water partition coefficient (Wildman–Crippen LogP) is 2.59. The maximum absolute atomic E-state index is 11.4. The lowest BCUT2D eigenvalue weighted by Crippen LogP contribution is -2.12. The van der Waals surface area contributed by atoms with Gasteiger partial charge in [-0.1, -0.05) is 30.3 Å². The lowest BCUT2D eigenvalue weighted by atomic mass is 10.1. The van der Waals surface area contributed by atoms with E-state index in [0.717, 1.165) is 16.8 Å². The number of hydrogen-bond donors (Lipinski definition) is 1. The summed E-state index contributed by atoms with van der Waals surface area (Å²) in [7, 11) is -3.40. The molecule has 102 valence electrons. The molecular weight excluding hydrogens is 262 g/mol. The van der Waals surface area contributed by atoms with Crippen LogP contribution in [0.3, 0.4) is 0 Å². The summed E-state index contributed by atoms with van der Waals surface area (Å²) in [5.74, 6) is 0.00687. The molecule has 0 fully saturated rings. The number of aromatic amines is 1. The number of hydrogen-bond acceptors (Lipinski definition) is 3. The minimum Gasteiger partial charge on any atom is -0.361 e. The van der Waals surface area contributed by atoms with Crippen molar-refractivity contribution < 1.29 is 12.6 Å². The van der Waals surface area contributed by atoms with Gasteiger partial charge in [-0.3, -0.25) is 4.18 Å². The molecule has 0 unspecified atom stereocenters. The quantitative estimate of drug-likeness (QED) is 0.827. The van der Waals surface area contributed by atoms with Gasteiger partial charge in [0.25, 0.3) is 10.1 Å². The number of aryl methyl sites for hydroxylation is 1. The molecule has 0 aliphatic heterocycles. The Labute approximate surface area is 113 Å². The summed E-state index contributed by atoms with van der Waals surface area (Å²) in [6.45, 7) is 1.85. The second-order valence-corrected chi connectivity index (χ2v) is 5.97. The molecule has 1 aromatic heterocycles. The van der Waals surface area contributed by atoms with Crippen LogP contribution in [0.15, 0.2) is 42.6 Å². The van der Waals surface area contributed by atoms with Gasteiger partial charge in [0.05, 0.1) is 12.4 Å². The van der Waals surface area contributed by atoms with E-state index in [2.05, 4.69) is 4.98 Å². The lowest BCUT2D eigenvalue weighted by molar-refractivity contribution is 0.338. The Kier molecular flexibility index (Phi) is 4.39. The molecule has 0 atom stereocenters. The minimum atomic E-state index is -3.40. The normalized spacial score (nSPS) is 11.6. The van der Waals surface area contributed by atoms with Gasteiger partial charge >= 0.3 is 0 Å². The van der Waals surface area contributed by atoms with E-state index in [9.17, 15) is 8.42 Å². The number of aromatic nitrogens is 1. The average Bonchev–Trinajstić information content (AvgIpc) is 2.86. The van der Waals surface area contributed by atoms with Gasteiger partial charge in [0.15, 0.2) is 0 Å². The maximum Gasteiger partial charge on any atom is 0.267 e. The van der Waals surface area contributed by atoms with Crippen LogP contribution in [0, 0.1) is 0 Å². The first-order chi connectivity index (χ1) is 9.11. The molecule has 1 heterocycles. The Morgan fingerprint density at radius 2 is 1.95 bits per heavy atom. The average molecular weight is 279 g/mol. The van der Waals surface area contributed by atoms with Gasteiger partial charge in [0, 0.05) is 11.9 Å². The Morgan fingerprint density at radius 3 is 2.63 bits per heavy atom. The lowest BCUT2D eigenvalue weighted by Gasteiger charge is -2.01. The van der Waals surface area contributed by atoms with Crippen LogP contribution in [-0.4, -0.2) is 25.8 Å². The number of nitrogens with one attached hydrogen (secondary N) is 1. The minimum absolute atomic E-state index is 0.00687. The second-order valence-electron chi connectivity index (χ2n) is 4.21. The van der Waals surface area contributed by atoms with Crippen molar-refractivity contribution in [3.05, 3.63) is 48.2 Å². The summed E-state index contributed by atoms with van der Waals surface area (Å²) in [6, 6.07) is 11.9. The largest absolute Gasteiger partial charge is 0.361 e. The summed E-state index contributed by atoms with van der Waals surface area (Å²) in [5, 5.41) is 0. The first-order valence-corrected chi connectivity index (χ1v) is 7.78. The van der Waals surface area contributed by atoms with Gasteiger partial charge in [-0.2, -0.15) is 8.42 Å². The van der Waals surface area contributed by atoms with Crippen LogP contribution in [-0.2, 0) is 20.7 Å². The molecule has 0 radical (unpaired) electrons. The van der Waals surface area contributed by atoms with Crippen molar-refractivity contribution in [1.29, 1.82) is 0 Å². The summed E-state index contributed by atoms with van der Waals surface area (Å²) < 4.78 is 27.6. The Morgan fingerprint density at radius 1 is 1.21 bits per heavy atom. The van der Waals surface area contributed by atoms with Gasteiger partial charge in [0.2, 0.25) is 0 Å². The zero-order valence-corrected chi connectivity index (χ0v) is 11.6. The number of benzene rings is 1. The van der Waals surface area contributed by atoms with Crippen LogP contribution in [0.2, 0.25) is 0 Å². The van der Waals surface area contributed by atoms with E-state index in [0.29, 0.717) is 6.42 Å². The molecule has 5 heteroatoms. The van der Waals surface area contributed by atoms with E-state index < -0.39 is 10.1 Å². The zero-order valence-electron chi connectivity index (χ0n) is 10.8. The number of H-pyrrole nitrogens is 1. The van der Waals surface area contributed by atoms with Crippen LogP contribution in [0.1, 0.15) is 12.5 Å². The summed E-state index contributed by atoms with van der Waals surface area (Å²) in [5.41, 5.74) is 3.04. The summed E-state index contributed by atoms with van der Waals surface area (Å²) in [6.07, 6.45) is 2.29. The van der Waals surface area contributed by atoms with E-state index in [-0.39, 0.29) is 12.4 Å². The van der Waals surface area contributed by atoms with Crippen molar-refractivity contribution in [2.75, 3.05) is 12.4 Å². The van der Waals surface area contributed by atoms with E-state index in [1.54, 1.807) is 6.92 Å². The maximum atomic E-state index is 11.4. The first-order valence-electron chi connectivity index (χ1n) is 6.20. The molecule has 4 nitrogen and oxygen atoms in total. The zero-order chi connectivity index (χ0) is 13.7. The topological polar surface area (TPSA) is 59.2 Å². The van der Waals surface area contributed by atoms with Gasteiger partial charge in [-0.15, -0.1) is 0 Å². The molecule has 1 N–H and O–H groups in total. The smallest absolute Gasteiger partial charge is 0.267 e. The molecule has 0 spiro atoms. The first kappa shape index (κ1) is 13.8. The van der Waals surface area contributed by atoms with Crippen molar-refractivity contribution >= 4 is 10.1 Å². The van der Waals surface area contributed by atoms with Crippen LogP contribution < -0.4 is 0 Å². The highest BCUT2D eigenvalue weighted by Gasteiger charge is 2.11. The molecule has 2 aromatic rings. The van der Waals surface area contributed by atoms with E-state index >= 15 is 0 Å². The van der Waals surface area contributed by atoms with Gasteiger partial charge in [0.1, 0.15) is 0 Å². The molecule has 0 bridgehead atoms. The third-order valence-corrected chi connectivity index (χ3v) is 4.06. The molecule has 1 aromatic carbocycles. The molecule has 2 rings (SSSR count). The fourth-order valence-corrected chi connectivity index (χ4v) is 2.81. The van der Waals surface area contributed by atoms with E-state index in [1.165, 1.54) is 0 Å². The van der Waals surface area contributed by atoms with E-state index in [4.69, 9.17) is 4.18 Å². The van der Waals surface area contributed by atoms with Crippen molar-refractivity contribution in [2.45, 2.75) is 13.3 Å². The Balaban J connectivity index is 2.03. The fourth-order valence-electron chi connectivity index (χ4n) is 1.85. The summed E-state index contributed by atoms with van der Waals surface area (Å²) in [4.78, 5) is 3.15. The van der Waals surface area contributed by atoms with Crippen molar-refractivity contribution in [1.82, 2.24) is 4.98 Å². The molecule has 0 aliphatic carbocycles. The van der Waals surface area contributed by atoms with Crippen molar-refractivity contribution in [2.24, 2.45) is 0 Å². The molecular formula is C14H17NO3S. The Hall–Kier alpha value is -1.59. The third kappa shape index (κ3) is 3.94. The molecule has 0 saturated heterocycles.